The standard InChI is InChI=1S/C16H18O2.C14H12O2/c1-17-16(18-2,15-11-7-4-8-12-15)13-14-9-5-3-6-10-14;15-13(11-7-3-1-4-8-11)14(16)12-9-5-2-6-10-12/h3-12H,13H2,1-2H3;1-10,13,15H. The van der Waals surface area contributed by atoms with E-state index in [1.807, 2.05) is 60.7 Å². The van der Waals surface area contributed by atoms with Crippen LogP contribution >= 0.6 is 0 Å². The minimum Gasteiger partial charge on any atom is -0.380 e. The second-order valence-corrected chi connectivity index (χ2v) is 7.73. The van der Waals surface area contributed by atoms with Gasteiger partial charge in [-0.1, -0.05) is 121 Å². The van der Waals surface area contributed by atoms with Crippen molar-refractivity contribution >= 4 is 5.78 Å². The van der Waals surface area contributed by atoms with E-state index in [1.54, 1.807) is 62.8 Å². The number of ether oxygens (including phenoxy) is 2. The van der Waals surface area contributed by atoms with E-state index < -0.39 is 11.9 Å². The molecule has 34 heavy (non-hydrogen) atoms. The van der Waals surface area contributed by atoms with E-state index in [1.165, 1.54) is 5.56 Å². The van der Waals surface area contributed by atoms with Gasteiger partial charge in [0.05, 0.1) is 0 Å². The van der Waals surface area contributed by atoms with Gasteiger partial charge in [-0.2, -0.15) is 0 Å². The van der Waals surface area contributed by atoms with Gasteiger partial charge in [0.1, 0.15) is 6.10 Å². The van der Waals surface area contributed by atoms with Crippen molar-refractivity contribution in [1.82, 2.24) is 0 Å². The first-order valence-electron chi connectivity index (χ1n) is 11.1. The summed E-state index contributed by atoms with van der Waals surface area (Å²) >= 11 is 0. The van der Waals surface area contributed by atoms with Crippen LogP contribution in [0.4, 0.5) is 0 Å². The maximum absolute atomic E-state index is 11.9. The number of benzene rings is 4. The van der Waals surface area contributed by atoms with Gasteiger partial charge in [-0.15, -0.1) is 0 Å². The van der Waals surface area contributed by atoms with Crippen LogP contribution < -0.4 is 0 Å². The lowest BCUT2D eigenvalue weighted by molar-refractivity contribution is -0.215. The Kier molecular flexibility index (Phi) is 9.30. The van der Waals surface area contributed by atoms with Crippen molar-refractivity contribution in [2.24, 2.45) is 0 Å². The fourth-order valence-corrected chi connectivity index (χ4v) is 3.67. The average Bonchev–Trinajstić information content (AvgIpc) is 2.93. The number of carbonyl (C=O) groups excluding carboxylic acids is 1. The molecule has 1 unspecified atom stereocenters. The second kappa shape index (κ2) is 12.6. The molecule has 4 heteroatoms. The monoisotopic (exact) mass is 454 g/mol. The lowest BCUT2D eigenvalue weighted by Gasteiger charge is -2.31. The Hall–Kier alpha value is -3.57. The van der Waals surface area contributed by atoms with E-state index in [-0.39, 0.29) is 5.78 Å². The highest BCUT2D eigenvalue weighted by Crippen LogP contribution is 2.30. The van der Waals surface area contributed by atoms with E-state index in [0.29, 0.717) is 17.5 Å². The summed E-state index contributed by atoms with van der Waals surface area (Å²) < 4.78 is 11.3. The maximum atomic E-state index is 11.9. The third kappa shape index (κ3) is 6.49. The van der Waals surface area contributed by atoms with E-state index in [4.69, 9.17) is 9.47 Å². The first kappa shape index (κ1) is 25.1. The number of Topliss-reactive ketones (excluding diaryl/α,β-unsaturated/α-hetero) is 1. The molecule has 0 aliphatic carbocycles. The molecule has 174 valence electrons. The van der Waals surface area contributed by atoms with Gasteiger partial charge in [0, 0.05) is 31.8 Å². The van der Waals surface area contributed by atoms with E-state index >= 15 is 0 Å². The summed E-state index contributed by atoms with van der Waals surface area (Å²) in [4.78, 5) is 11.9. The van der Waals surface area contributed by atoms with Crippen LogP contribution in [-0.4, -0.2) is 25.1 Å². The normalized spacial score (nSPS) is 11.7. The average molecular weight is 455 g/mol. The first-order chi connectivity index (χ1) is 16.6. The molecule has 0 radical (unpaired) electrons. The number of aliphatic hydroxyl groups excluding tert-OH is 1. The van der Waals surface area contributed by atoms with Crippen LogP contribution in [0.2, 0.25) is 0 Å². The predicted molar refractivity (Wildman–Crippen MR) is 134 cm³/mol. The number of carbonyl (C=O) groups is 1. The van der Waals surface area contributed by atoms with Crippen LogP contribution in [0.25, 0.3) is 0 Å². The summed E-state index contributed by atoms with van der Waals surface area (Å²) in [7, 11) is 3.36. The van der Waals surface area contributed by atoms with Crippen molar-refractivity contribution in [2.45, 2.75) is 18.3 Å². The topological polar surface area (TPSA) is 55.8 Å². The van der Waals surface area contributed by atoms with Crippen LogP contribution in [0.15, 0.2) is 121 Å². The van der Waals surface area contributed by atoms with Crippen molar-refractivity contribution in [3.8, 4) is 0 Å². The highest BCUT2D eigenvalue weighted by Gasteiger charge is 2.32. The van der Waals surface area contributed by atoms with Gasteiger partial charge < -0.3 is 14.6 Å². The molecule has 0 bridgehead atoms. The molecule has 1 atom stereocenters. The molecule has 0 saturated carbocycles. The Bertz CT molecular complexity index is 1110. The lowest BCUT2D eigenvalue weighted by Crippen LogP contribution is -2.33. The number of rotatable bonds is 8. The Morgan fingerprint density at radius 3 is 1.65 bits per heavy atom. The maximum Gasteiger partial charge on any atom is 0.198 e. The summed E-state index contributed by atoms with van der Waals surface area (Å²) in [6.45, 7) is 0. The molecule has 0 aromatic heterocycles. The molecule has 0 fully saturated rings. The Morgan fingerprint density at radius 2 is 1.15 bits per heavy atom. The Balaban J connectivity index is 0.000000192. The van der Waals surface area contributed by atoms with Crippen LogP contribution in [0, 0.1) is 0 Å². The van der Waals surface area contributed by atoms with Gasteiger partial charge >= 0.3 is 0 Å². The lowest BCUT2D eigenvalue weighted by atomic mass is 9.97. The summed E-state index contributed by atoms with van der Waals surface area (Å²) in [6, 6.07) is 38.0. The number of ketones is 1. The minimum atomic E-state index is -1.08. The highest BCUT2D eigenvalue weighted by atomic mass is 16.7. The highest BCUT2D eigenvalue weighted by molar-refractivity contribution is 5.99. The third-order valence-electron chi connectivity index (χ3n) is 5.57. The molecular weight excluding hydrogens is 424 g/mol. The summed E-state index contributed by atoms with van der Waals surface area (Å²) in [5, 5.41) is 9.89. The molecule has 4 nitrogen and oxygen atoms in total. The van der Waals surface area contributed by atoms with Gasteiger partial charge in [-0.3, -0.25) is 4.79 Å². The summed E-state index contributed by atoms with van der Waals surface area (Å²) in [5.74, 6) is -0.991. The van der Waals surface area contributed by atoms with Gasteiger partial charge in [-0.05, 0) is 11.1 Å². The molecule has 0 saturated heterocycles. The zero-order valence-electron chi connectivity index (χ0n) is 19.5. The summed E-state index contributed by atoms with van der Waals surface area (Å²) in [5.41, 5.74) is 3.36. The third-order valence-corrected chi connectivity index (χ3v) is 5.57. The Labute approximate surface area is 201 Å². The minimum absolute atomic E-state index is 0.271. The number of hydrogen-bond donors (Lipinski definition) is 1. The molecular formula is C30H30O4. The van der Waals surface area contributed by atoms with E-state index in [2.05, 4.69) is 12.1 Å². The molecule has 4 aromatic rings. The second-order valence-electron chi connectivity index (χ2n) is 7.73. The number of aliphatic hydroxyl groups is 1. The van der Waals surface area contributed by atoms with Crippen molar-refractivity contribution in [1.29, 1.82) is 0 Å². The van der Waals surface area contributed by atoms with Crippen LogP contribution in [0.3, 0.4) is 0 Å². The molecule has 0 heterocycles. The van der Waals surface area contributed by atoms with Gasteiger partial charge in [-0.25, -0.2) is 0 Å². The van der Waals surface area contributed by atoms with Crippen LogP contribution in [-0.2, 0) is 21.7 Å². The molecule has 0 aliphatic heterocycles. The Morgan fingerprint density at radius 1 is 0.706 bits per heavy atom. The van der Waals surface area contributed by atoms with E-state index in [9.17, 15) is 9.90 Å². The van der Waals surface area contributed by atoms with Gasteiger partial charge in [0.15, 0.2) is 11.6 Å². The predicted octanol–water partition coefficient (Wildman–Crippen LogP) is 5.98. The molecule has 1 N–H and O–H groups in total. The first-order valence-corrected chi connectivity index (χ1v) is 11.1. The fourth-order valence-electron chi connectivity index (χ4n) is 3.67. The molecule has 4 rings (SSSR count). The van der Waals surface area contributed by atoms with Crippen molar-refractivity contribution in [3.05, 3.63) is 144 Å². The molecule has 0 spiro atoms. The van der Waals surface area contributed by atoms with Crippen molar-refractivity contribution in [3.63, 3.8) is 0 Å². The van der Waals surface area contributed by atoms with Gasteiger partial charge in [0.25, 0.3) is 0 Å². The molecule has 4 aromatic carbocycles. The van der Waals surface area contributed by atoms with Crippen molar-refractivity contribution in [2.75, 3.05) is 14.2 Å². The smallest absolute Gasteiger partial charge is 0.198 e. The summed E-state index contributed by atoms with van der Waals surface area (Å²) in [6.07, 6.45) is -0.395. The van der Waals surface area contributed by atoms with E-state index in [0.717, 1.165) is 5.56 Å². The number of hydrogen-bond acceptors (Lipinski definition) is 4. The van der Waals surface area contributed by atoms with Crippen LogP contribution in [0.5, 0.6) is 0 Å². The number of methoxy groups -OCH3 is 2. The fraction of sp³-hybridized carbons (Fsp3) is 0.167. The van der Waals surface area contributed by atoms with Gasteiger partial charge in [0.2, 0.25) is 0 Å². The SMILES string of the molecule is COC(Cc1ccccc1)(OC)c1ccccc1.O=C(c1ccccc1)C(O)c1ccccc1. The molecule has 0 aliphatic rings. The zero-order valence-corrected chi connectivity index (χ0v) is 19.5. The quantitative estimate of drug-likeness (QED) is 0.263. The molecule has 0 amide bonds. The van der Waals surface area contributed by atoms with Crippen LogP contribution in [0.1, 0.15) is 33.2 Å². The van der Waals surface area contributed by atoms with Crippen molar-refractivity contribution < 1.29 is 19.4 Å². The zero-order chi connectivity index (χ0) is 24.2. The largest absolute Gasteiger partial charge is 0.380 e.